The molecule has 2 rings (SSSR count). The summed E-state index contributed by atoms with van der Waals surface area (Å²) in [5.74, 6) is 0.481. The Morgan fingerprint density at radius 3 is 2.38 bits per heavy atom. The van der Waals surface area contributed by atoms with Crippen LogP contribution in [-0.4, -0.2) is 47.6 Å². The molecule has 2 unspecified atom stereocenters. The van der Waals surface area contributed by atoms with Gasteiger partial charge in [-0.3, -0.25) is 9.59 Å². The van der Waals surface area contributed by atoms with E-state index in [2.05, 4.69) is 5.32 Å². The third-order valence-corrected chi connectivity index (χ3v) is 4.04. The van der Waals surface area contributed by atoms with Gasteiger partial charge in [0.05, 0.1) is 12.2 Å². The molecule has 0 radical (unpaired) electrons. The second-order valence-electron chi connectivity index (χ2n) is 7.51. The summed E-state index contributed by atoms with van der Waals surface area (Å²) in [5.41, 5.74) is -0.232. The monoisotopic (exact) mass is 296 g/mol. The third-order valence-electron chi connectivity index (χ3n) is 4.04. The standard InChI is InChI=1S/C16H28N2O3/c1-10(2)13-14(19)17-12(11-6-7-11)15(20)18(13)8-9-21-16(3,4)5/h10-13H,6-9H2,1-5H3,(H,17,19). The molecule has 120 valence electrons. The van der Waals surface area contributed by atoms with E-state index in [1.165, 1.54) is 0 Å². The Hall–Kier alpha value is -1.10. The summed E-state index contributed by atoms with van der Waals surface area (Å²) < 4.78 is 5.73. The van der Waals surface area contributed by atoms with Crippen LogP contribution < -0.4 is 5.32 Å². The van der Waals surface area contributed by atoms with Gasteiger partial charge in [0.25, 0.3) is 0 Å². The van der Waals surface area contributed by atoms with Crippen molar-refractivity contribution in [2.24, 2.45) is 11.8 Å². The smallest absolute Gasteiger partial charge is 0.246 e. The van der Waals surface area contributed by atoms with Gasteiger partial charge < -0.3 is 15.0 Å². The number of nitrogens with one attached hydrogen (secondary N) is 1. The van der Waals surface area contributed by atoms with Crippen molar-refractivity contribution in [1.29, 1.82) is 0 Å². The van der Waals surface area contributed by atoms with E-state index in [0.29, 0.717) is 19.1 Å². The molecule has 1 N–H and O–H groups in total. The normalized spacial score (nSPS) is 27.2. The molecule has 5 nitrogen and oxygen atoms in total. The largest absolute Gasteiger partial charge is 0.374 e. The van der Waals surface area contributed by atoms with Crippen molar-refractivity contribution < 1.29 is 14.3 Å². The van der Waals surface area contributed by atoms with Crippen molar-refractivity contribution in [3.8, 4) is 0 Å². The van der Waals surface area contributed by atoms with Gasteiger partial charge in [0.1, 0.15) is 12.1 Å². The lowest BCUT2D eigenvalue weighted by molar-refractivity contribution is -0.153. The zero-order chi connectivity index (χ0) is 15.8. The number of ether oxygens (including phenoxy) is 1. The summed E-state index contributed by atoms with van der Waals surface area (Å²) in [6, 6.07) is -0.696. The van der Waals surface area contributed by atoms with Crippen LogP contribution in [0.25, 0.3) is 0 Å². The summed E-state index contributed by atoms with van der Waals surface area (Å²) in [6.07, 6.45) is 2.07. The average molecular weight is 296 g/mol. The second kappa shape index (κ2) is 5.95. The van der Waals surface area contributed by atoms with E-state index in [4.69, 9.17) is 4.74 Å². The molecule has 2 fully saturated rings. The summed E-state index contributed by atoms with van der Waals surface area (Å²) in [7, 11) is 0. The Morgan fingerprint density at radius 1 is 1.29 bits per heavy atom. The third kappa shape index (κ3) is 3.96. The SMILES string of the molecule is CC(C)C1C(=O)NC(C2CC2)C(=O)N1CCOC(C)(C)C. The molecular formula is C16H28N2O3. The van der Waals surface area contributed by atoms with Crippen LogP contribution in [0, 0.1) is 11.8 Å². The van der Waals surface area contributed by atoms with Crippen molar-refractivity contribution >= 4 is 11.8 Å². The number of hydrogen-bond donors (Lipinski definition) is 1. The van der Waals surface area contributed by atoms with Crippen LogP contribution in [-0.2, 0) is 14.3 Å². The molecular weight excluding hydrogens is 268 g/mol. The maximum absolute atomic E-state index is 12.7. The first-order valence-electron chi connectivity index (χ1n) is 7.95. The zero-order valence-electron chi connectivity index (χ0n) is 13.8. The molecule has 0 aromatic carbocycles. The van der Waals surface area contributed by atoms with Crippen LogP contribution in [0.5, 0.6) is 0 Å². The Balaban J connectivity index is 2.06. The van der Waals surface area contributed by atoms with E-state index >= 15 is 0 Å². The maximum Gasteiger partial charge on any atom is 0.246 e. The Morgan fingerprint density at radius 2 is 1.90 bits per heavy atom. The molecule has 21 heavy (non-hydrogen) atoms. The fraction of sp³-hybridized carbons (Fsp3) is 0.875. The maximum atomic E-state index is 12.7. The first-order chi connectivity index (χ1) is 9.70. The van der Waals surface area contributed by atoms with Gasteiger partial charge in [-0.1, -0.05) is 13.8 Å². The molecule has 0 aromatic rings. The van der Waals surface area contributed by atoms with E-state index in [9.17, 15) is 9.59 Å². The van der Waals surface area contributed by atoms with Crippen molar-refractivity contribution in [2.45, 2.75) is 65.1 Å². The Labute approximate surface area is 127 Å². The highest BCUT2D eigenvalue weighted by Crippen LogP contribution is 2.35. The summed E-state index contributed by atoms with van der Waals surface area (Å²) >= 11 is 0. The van der Waals surface area contributed by atoms with Crippen LogP contribution in [0.1, 0.15) is 47.5 Å². The van der Waals surface area contributed by atoms with Crippen LogP contribution in [0.3, 0.4) is 0 Å². The lowest BCUT2D eigenvalue weighted by Crippen LogP contribution is -2.65. The highest BCUT2D eigenvalue weighted by Gasteiger charge is 2.47. The van der Waals surface area contributed by atoms with Gasteiger partial charge in [-0.2, -0.15) is 0 Å². The first-order valence-corrected chi connectivity index (χ1v) is 7.95. The van der Waals surface area contributed by atoms with Crippen molar-refractivity contribution in [3.05, 3.63) is 0 Å². The van der Waals surface area contributed by atoms with Crippen molar-refractivity contribution in [2.75, 3.05) is 13.2 Å². The summed E-state index contributed by atoms with van der Waals surface area (Å²) in [6.45, 7) is 10.9. The number of carbonyl (C=O) groups excluding carboxylic acids is 2. The predicted molar refractivity (Wildman–Crippen MR) is 80.7 cm³/mol. The van der Waals surface area contributed by atoms with Gasteiger partial charge in [0, 0.05) is 6.54 Å². The molecule has 1 heterocycles. The molecule has 1 saturated carbocycles. The van der Waals surface area contributed by atoms with Gasteiger partial charge in [-0.15, -0.1) is 0 Å². The lowest BCUT2D eigenvalue weighted by atomic mass is 9.95. The molecule has 5 heteroatoms. The van der Waals surface area contributed by atoms with Gasteiger partial charge in [-0.25, -0.2) is 0 Å². The van der Waals surface area contributed by atoms with E-state index in [1.807, 2.05) is 34.6 Å². The fourth-order valence-corrected chi connectivity index (χ4v) is 2.87. The van der Waals surface area contributed by atoms with Crippen LogP contribution in [0.4, 0.5) is 0 Å². The summed E-state index contributed by atoms with van der Waals surface area (Å²) in [4.78, 5) is 26.8. The van der Waals surface area contributed by atoms with Crippen LogP contribution >= 0.6 is 0 Å². The van der Waals surface area contributed by atoms with Gasteiger partial charge >= 0.3 is 0 Å². The van der Waals surface area contributed by atoms with Crippen molar-refractivity contribution in [3.63, 3.8) is 0 Å². The van der Waals surface area contributed by atoms with Crippen LogP contribution in [0.15, 0.2) is 0 Å². The minimum Gasteiger partial charge on any atom is -0.374 e. The highest BCUT2D eigenvalue weighted by atomic mass is 16.5. The van der Waals surface area contributed by atoms with Gasteiger partial charge in [0.15, 0.2) is 0 Å². The number of amides is 2. The molecule has 0 bridgehead atoms. The Bertz CT molecular complexity index is 410. The molecule has 2 atom stereocenters. The molecule has 0 aromatic heterocycles. The molecule has 2 amide bonds. The minimum absolute atomic E-state index is 0.0164. The first kappa shape index (κ1) is 16.3. The molecule has 1 aliphatic carbocycles. The molecule has 0 spiro atoms. The second-order valence-corrected chi connectivity index (χ2v) is 7.51. The van der Waals surface area contributed by atoms with Gasteiger partial charge in [0.2, 0.25) is 11.8 Å². The number of piperazine rings is 1. The quantitative estimate of drug-likeness (QED) is 0.837. The minimum atomic E-state index is -0.379. The van der Waals surface area contributed by atoms with Gasteiger partial charge in [-0.05, 0) is 45.4 Å². The molecule has 2 aliphatic rings. The van der Waals surface area contributed by atoms with Crippen molar-refractivity contribution in [1.82, 2.24) is 10.2 Å². The topological polar surface area (TPSA) is 58.6 Å². The van der Waals surface area contributed by atoms with E-state index in [1.54, 1.807) is 4.90 Å². The highest BCUT2D eigenvalue weighted by molar-refractivity contribution is 5.97. The Kier molecular flexibility index (Phi) is 4.61. The van der Waals surface area contributed by atoms with E-state index in [-0.39, 0.29) is 35.4 Å². The number of carbonyl (C=O) groups is 2. The zero-order valence-corrected chi connectivity index (χ0v) is 13.8. The fourth-order valence-electron chi connectivity index (χ4n) is 2.87. The molecule has 1 saturated heterocycles. The number of rotatable bonds is 5. The number of hydrogen-bond acceptors (Lipinski definition) is 3. The number of nitrogens with zero attached hydrogens (tertiary/aromatic N) is 1. The van der Waals surface area contributed by atoms with E-state index in [0.717, 1.165) is 12.8 Å². The van der Waals surface area contributed by atoms with Crippen LogP contribution in [0.2, 0.25) is 0 Å². The average Bonchev–Trinajstić information content (AvgIpc) is 3.15. The molecule has 1 aliphatic heterocycles. The lowest BCUT2D eigenvalue weighted by Gasteiger charge is -2.41. The predicted octanol–water partition coefficient (Wildman–Crippen LogP) is 1.56. The van der Waals surface area contributed by atoms with E-state index < -0.39 is 0 Å². The summed E-state index contributed by atoms with van der Waals surface area (Å²) in [5, 5.41) is 2.93.